The molecular weight excluding hydrogens is 353 g/mol. The quantitative estimate of drug-likeness (QED) is 0.747. The summed E-state index contributed by atoms with van der Waals surface area (Å²) in [6.07, 6.45) is -4.43. The van der Waals surface area contributed by atoms with Crippen LogP contribution < -0.4 is 4.74 Å². The van der Waals surface area contributed by atoms with Crippen molar-refractivity contribution in [3.8, 4) is 5.75 Å². The monoisotopic (exact) mass is 376 g/mol. The highest BCUT2D eigenvalue weighted by Gasteiger charge is 2.28. The van der Waals surface area contributed by atoms with E-state index >= 15 is 0 Å². The Morgan fingerprint density at radius 2 is 2.08 bits per heavy atom. The molecule has 6 nitrogen and oxygen atoms in total. The van der Waals surface area contributed by atoms with E-state index in [4.69, 9.17) is 14.6 Å². The van der Waals surface area contributed by atoms with Crippen molar-refractivity contribution in [1.82, 2.24) is 9.80 Å². The molecule has 26 heavy (non-hydrogen) atoms. The van der Waals surface area contributed by atoms with E-state index in [1.54, 1.807) is 24.1 Å². The summed E-state index contributed by atoms with van der Waals surface area (Å²) in [4.78, 5) is 14.6. The highest BCUT2D eigenvalue weighted by molar-refractivity contribution is 5.69. The summed E-state index contributed by atoms with van der Waals surface area (Å²) in [6, 6.07) is 6.54. The van der Waals surface area contributed by atoms with Crippen LogP contribution in [0.1, 0.15) is 5.56 Å². The Hall–Kier alpha value is -1.84. The molecule has 0 amide bonds. The third-order valence-corrected chi connectivity index (χ3v) is 3.88. The topological polar surface area (TPSA) is 62.2 Å². The molecule has 0 bridgehead atoms. The highest BCUT2D eigenvalue weighted by Crippen LogP contribution is 2.20. The van der Waals surface area contributed by atoms with Crippen LogP contribution in [0.4, 0.5) is 13.2 Å². The first kappa shape index (κ1) is 20.5. The van der Waals surface area contributed by atoms with Crippen LogP contribution >= 0.6 is 0 Å². The van der Waals surface area contributed by atoms with Gasteiger partial charge in [0.15, 0.2) is 6.61 Å². The minimum absolute atomic E-state index is 0.0424. The van der Waals surface area contributed by atoms with Gasteiger partial charge in [0.05, 0.1) is 19.3 Å². The molecule has 1 heterocycles. The smallest absolute Gasteiger partial charge is 0.422 e. The van der Waals surface area contributed by atoms with Gasteiger partial charge >= 0.3 is 12.1 Å². The predicted molar refractivity (Wildman–Crippen MR) is 88.1 cm³/mol. The van der Waals surface area contributed by atoms with Gasteiger partial charge in [-0.3, -0.25) is 14.6 Å². The van der Waals surface area contributed by atoms with Gasteiger partial charge in [-0.25, -0.2) is 0 Å². The molecule has 2 rings (SSSR count). The molecule has 1 N–H and O–H groups in total. The fraction of sp³-hybridized carbons (Fsp3) is 0.588. The molecule has 1 atom stereocenters. The van der Waals surface area contributed by atoms with Crippen molar-refractivity contribution in [3.05, 3.63) is 29.8 Å². The minimum atomic E-state index is -4.35. The molecule has 0 aromatic heterocycles. The first-order valence-electron chi connectivity index (χ1n) is 8.24. The summed E-state index contributed by atoms with van der Waals surface area (Å²) in [5.74, 6) is -0.700. The number of halogens is 3. The van der Waals surface area contributed by atoms with Gasteiger partial charge in [0.25, 0.3) is 0 Å². The second kappa shape index (κ2) is 9.20. The third kappa shape index (κ3) is 7.59. The van der Waals surface area contributed by atoms with Crippen molar-refractivity contribution in [2.24, 2.45) is 0 Å². The van der Waals surface area contributed by atoms with Gasteiger partial charge in [0.1, 0.15) is 5.75 Å². The summed E-state index contributed by atoms with van der Waals surface area (Å²) < 4.78 is 46.8. The van der Waals surface area contributed by atoms with Crippen molar-refractivity contribution in [1.29, 1.82) is 0 Å². The lowest BCUT2D eigenvalue weighted by Gasteiger charge is -2.34. The van der Waals surface area contributed by atoms with Crippen LogP contribution in [-0.4, -0.2) is 79.6 Å². The van der Waals surface area contributed by atoms with Crippen LogP contribution in [0.25, 0.3) is 0 Å². The Bertz CT molecular complexity index is 580. The molecule has 0 saturated carbocycles. The number of aliphatic carboxylic acids is 1. The molecule has 1 saturated heterocycles. The van der Waals surface area contributed by atoms with Crippen LogP contribution in [0.2, 0.25) is 0 Å². The van der Waals surface area contributed by atoms with Crippen LogP contribution in [0, 0.1) is 0 Å². The van der Waals surface area contributed by atoms with E-state index in [-0.39, 0.29) is 18.4 Å². The second-order valence-electron chi connectivity index (χ2n) is 6.37. The number of rotatable bonds is 8. The van der Waals surface area contributed by atoms with Gasteiger partial charge in [0, 0.05) is 26.2 Å². The van der Waals surface area contributed by atoms with Crippen LogP contribution in [-0.2, 0) is 16.1 Å². The fourth-order valence-electron chi connectivity index (χ4n) is 2.79. The first-order chi connectivity index (χ1) is 12.2. The van der Waals surface area contributed by atoms with Crippen molar-refractivity contribution in [2.45, 2.75) is 18.8 Å². The van der Waals surface area contributed by atoms with Gasteiger partial charge < -0.3 is 14.6 Å². The van der Waals surface area contributed by atoms with E-state index in [2.05, 4.69) is 4.90 Å². The van der Waals surface area contributed by atoms with Gasteiger partial charge in [-0.15, -0.1) is 0 Å². The van der Waals surface area contributed by atoms with E-state index in [1.165, 1.54) is 12.1 Å². The van der Waals surface area contributed by atoms with Crippen LogP contribution in [0.3, 0.4) is 0 Å². The van der Waals surface area contributed by atoms with E-state index in [9.17, 15) is 18.0 Å². The number of hydrogen-bond acceptors (Lipinski definition) is 5. The van der Waals surface area contributed by atoms with Crippen molar-refractivity contribution >= 4 is 5.97 Å². The maximum atomic E-state index is 12.1. The lowest BCUT2D eigenvalue weighted by Crippen LogP contribution is -2.47. The Labute approximate surface area is 150 Å². The Morgan fingerprint density at radius 1 is 1.38 bits per heavy atom. The molecule has 1 unspecified atom stereocenters. The Balaban J connectivity index is 1.81. The number of morpholine rings is 1. The lowest BCUT2D eigenvalue weighted by atomic mass is 10.1. The lowest BCUT2D eigenvalue weighted by molar-refractivity contribution is -0.153. The molecule has 1 aliphatic heterocycles. The van der Waals surface area contributed by atoms with Crippen molar-refractivity contribution < 1.29 is 32.5 Å². The molecule has 9 heteroatoms. The second-order valence-corrected chi connectivity index (χ2v) is 6.37. The zero-order valence-electron chi connectivity index (χ0n) is 14.5. The molecule has 0 spiro atoms. The molecule has 1 aromatic rings. The predicted octanol–water partition coefficient (Wildman–Crippen LogP) is 1.84. The van der Waals surface area contributed by atoms with Crippen molar-refractivity contribution in [3.63, 3.8) is 0 Å². The normalized spacial score (nSPS) is 18.9. The van der Waals surface area contributed by atoms with E-state index in [0.29, 0.717) is 26.2 Å². The molecule has 1 aromatic carbocycles. The average molecular weight is 376 g/mol. The van der Waals surface area contributed by atoms with Gasteiger partial charge in [-0.05, 0) is 24.7 Å². The molecule has 1 aliphatic rings. The van der Waals surface area contributed by atoms with Crippen molar-refractivity contribution in [2.75, 3.05) is 46.4 Å². The van der Waals surface area contributed by atoms with Crippen LogP contribution in [0.5, 0.6) is 5.75 Å². The molecular formula is C17H23F3N2O4. The maximum absolute atomic E-state index is 12.1. The summed E-state index contributed by atoms with van der Waals surface area (Å²) in [5, 5.41) is 8.80. The zero-order chi connectivity index (χ0) is 19.2. The Morgan fingerprint density at radius 3 is 2.69 bits per heavy atom. The number of carbonyl (C=O) groups is 1. The highest BCUT2D eigenvalue weighted by atomic mass is 19.4. The summed E-state index contributed by atoms with van der Waals surface area (Å²) in [7, 11) is 1.73. The molecule has 0 aliphatic carbocycles. The van der Waals surface area contributed by atoms with Gasteiger partial charge in [0.2, 0.25) is 0 Å². The SMILES string of the molecule is CN(CC(=O)O)CC1CN(Cc2ccc(OCC(F)(F)F)cc2)CCO1. The van der Waals surface area contributed by atoms with E-state index in [0.717, 1.165) is 12.1 Å². The summed E-state index contributed by atoms with van der Waals surface area (Å²) in [6.45, 7) is 1.77. The standard InChI is InChI=1S/C17H23F3N2O4/c1-21(11-16(23)24)9-15-10-22(6-7-25-15)8-13-2-4-14(5-3-13)26-12-17(18,19)20/h2-5,15H,6-12H2,1H3,(H,23,24). The summed E-state index contributed by atoms with van der Waals surface area (Å²) in [5.41, 5.74) is 0.962. The largest absolute Gasteiger partial charge is 0.484 e. The fourth-order valence-corrected chi connectivity index (χ4v) is 2.79. The average Bonchev–Trinajstić information content (AvgIpc) is 2.53. The first-order valence-corrected chi connectivity index (χ1v) is 8.24. The third-order valence-electron chi connectivity index (χ3n) is 3.88. The Kier molecular flexibility index (Phi) is 7.24. The number of hydrogen-bond donors (Lipinski definition) is 1. The molecule has 0 radical (unpaired) electrons. The number of carboxylic acids is 1. The molecule has 1 fully saturated rings. The number of benzene rings is 1. The number of ether oxygens (including phenoxy) is 2. The van der Waals surface area contributed by atoms with E-state index in [1.807, 2.05) is 0 Å². The number of carboxylic acid groups (broad SMARTS) is 1. The zero-order valence-corrected chi connectivity index (χ0v) is 14.5. The number of likely N-dealkylation sites (N-methyl/N-ethyl adjacent to an activating group) is 1. The maximum Gasteiger partial charge on any atom is 0.422 e. The number of alkyl halides is 3. The van der Waals surface area contributed by atoms with Gasteiger partial charge in [-0.1, -0.05) is 12.1 Å². The minimum Gasteiger partial charge on any atom is -0.484 e. The van der Waals surface area contributed by atoms with Crippen LogP contribution in [0.15, 0.2) is 24.3 Å². The summed E-state index contributed by atoms with van der Waals surface area (Å²) >= 11 is 0. The number of nitrogens with zero attached hydrogens (tertiary/aromatic N) is 2. The molecule has 146 valence electrons. The van der Waals surface area contributed by atoms with E-state index < -0.39 is 18.8 Å². The van der Waals surface area contributed by atoms with Gasteiger partial charge in [-0.2, -0.15) is 13.2 Å².